The van der Waals surface area contributed by atoms with Gasteiger partial charge in [-0.15, -0.1) is 12.4 Å². The molecule has 0 saturated carbocycles. The molecule has 1 aliphatic heterocycles. The van der Waals surface area contributed by atoms with Crippen LogP contribution in [0.1, 0.15) is 24.8 Å². The van der Waals surface area contributed by atoms with Gasteiger partial charge in [0, 0.05) is 13.0 Å². The molecule has 0 aromatic heterocycles. The van der Waals surface area contributed by atoms with E-state index in [4.69, 9.17) is 5.14 Å². The summed E-state index contributed by atoms with van der Waals surface area (Å²) in [6.45, 7) is 2.36. The van der Waals surface area contributed by atoms with Crippen LogP contribution in [-0.4, -0.2) is 27.4 Å². The van der Waals surface area contributed by atoms with Crippen molar-refractivity contribution in [1.82, 2.24) is 10.6 Å². The summed E-state index contributed by atoms with van der Waals surface area (Å²) >= 11 is 0. The van der Waals surface area contributed by atoms with E-state index in [0.29, 0.717) is 18.9 Å². The molecule has 8 heteroatoms. The smallest absolute Gasteiger partial charge is 0.238 e. The second-order valence-electron chi connectivity index (χ2n) is 5.36. The molecule has 1 amide bonds. The molecule has 1 heterocycles. The highest BCUT2D eigenvalue weighted by Crippen LogP contribution is 2.15. The quantitative estimate of drug-likeness (QED) is 0.732. The third-order valence-corrected chi connectivity index (χ3v) is 4.60. The molecule has 4 N–H and O–H groups in total. The Morgan fingerprint density at radius 1 is 1.23 bits per heavy atom. The number of hydrogen-bond acceptors (Lipinski definition) is 4. The van der Waals surface area contributed by atoms with Gasteiger partial charge >= 0.3 is 0 Å². The zero-order valence-electron chi connectivity index (χ0n) is 12.2. The zero-order valence-corrected chi connectivity index (χ0v) is 13.9. The van der Waals surface area contributed by atoms with Crippen molar-refractivity contribution in [3.05, 3.63) is 29.8 Å². The Kier molecular flexibility index (Phi) is 7.28. The van der Waals surface area contributed by atoms with E-state index in [2.05, 4.69) is 10.6 Å². The fourth-order valence-corrected chi connectivity index (χ4v) is 2.93. The normalized spacial score (nSPS) is 15.9. The van der Waals surface area contributed by atoms with Crippen LogP contribution in [0.5, 0.6) is 0 Å². The summed E-state index contributed by atoms with van der Waals surface area (Å²) in [7, 11) is -3.66. The first-order valence-electron chi connectivity index (χ1n) is 7.04. The van der Waals surface area contributed by atoms with Crippen molar-refractivity contribution in [1.29, 1.82) is 0 Å². The van der Waals surface area contributed by atoms with Crippen LogP contribution in [-0.2, 0) is 21.4 Å². The van der Waals surface area contributed by atoms with Crippen LogP contribution in [0.4, 0.5) is 0 Å². The highest BCUT2D eigenvalue weighted by molar-refractivity contribution is 7.89. The van der Waals surface area contributed by atoms with E-state index >= 15 is 0 Å². The molecule has 1 aromatic carbocycles. The van der Waals surface area contributed by atoms with Gasteiger partial charge in [-0.05, 0) is 49.5 Å². The molecule has 1 aliphatic rings. The average molecular weight is 348 g/mol. The molecular weight excluding hydrogens is 326 g/mol. The molecule has 1 aromatic rings. The molecule has 0 radical (unpaired) electrons. The number of primary sulfonamides is 1. The van der Waals surface area contributed by atoms with Crippen LogP contribution in [0.3, 0.4) is 0 Å². The largest absolute Gasteiger partial charge is 0.352 e. The fourth-order valence-electron chi connectivity index (χ4n) is 2.42. The van der Waals surface area contributed by atoms with Crippen LogP contribution in [0, 0.1) is 5.92 Å². The molecule has 0 unspecified atom stereocenters. The van der Waals surface area contributed by atoms with Gasteiger partial charge in [0.25, 0.3) is 0 Å². The van der Waals surface area contributed by atoms with Gasteiger partial charge in [0.2, 0.25) is 15.9 Å². The number of carbonyl (C=O) groups is 1. The van der Waals surface area contributed by atoms with E-state index in [0.717, 1.165) is 31.5 Å². The summed E-state index contributed by atoms with van der Waals surface area (Å²) in [5.74, 6) is 0.494. The van der Waals surface area contributed by atoms with Gasteiger partial charge in [-0.1, -0.05) is 12.1 Å². The summed E-state index contributed by atoms with van der Waals surface area (Å²) in [5.41, 5.74) is 0.848. The molecule has 1 saturated heterocycles. The lowest BCUT2D eigenvalue weighted by molar-refractivity contribution is -0.122. The van der Waals surface area contributed by atoms with Gasteiger partial charge in [-0.25, -0.2) is 13.6 Å². The van der Waals surface area contributed by atoms with Gasteiger partial charge in [0.15, 0.2) is 0 Å². The Bertz CT molecular complexity index is 584. The minimum absolute atomic E-state index is 0. The van der Waals surface area contributed by atoms with Gasteiger partial charge in [-0.2, -0.15) is 0 Å². The predicted octanol–water partition coefficient (Wildman–Crippen LogP) is 0.762. The van der Waals surface area contributed by atoms with Crippen LogP contribution in [0.25, 0.3) is 0 Å². The Balaban J connectivity index is 0.00000242. The molecule has 2 rings (SSSR count). The standard InChI is InChI=1S/C14H21N3O3S.ClH/c15-21(19,20)13-3-1-12(2-4-13)10-17-14(18)9-11-5-7-16-8-6-11;/h1-4,11,16H,5-10H2,(H,17,18)(H2,15,19,20);1H. The van der Waals surface area contributed by atoms with Gasteiger partial charge in [-0.3, -0.25) is 4.79 Å². The number of nitrogens with two attached hydrogens (primary N) is 1. The van der Waals surface area contributed by atoms with E-state index in [1.165, 1.54) is 12.1 Å². The Labute approximate surface area is 137 Å². The Hall–Kier alpha value is -1.15. The molecule has 1 fully saturated rings. The number of piperidine rings is 1. The van der Waals surface area contributed by atoms with E-state index in [9.17, 15) is 13.2 Å². The van der Waals surface area contributed by atoms with Gasteiger partial charge < -0.3 is 10.6 Å². The molecule has 124 valence electrons. The summed E-state index contributed by atoms with van der Waals surface area (Å²) < 4.78 is 22.3. The molecule has 6 nitrogen and oxygen atoms in total. The van der Waals surface area contributed by atoms with Crippen molar-refractivity contribution in [2.24, 2.45) is 11.1 Å². The first kappa shape index (κ1) is 18.9. The second-order valence-corrected chi connectivity index (χ2v) is 6.92. The number of hydrogen-bond donors (Lipinski definition) is 3. The molecule has 0 spiro atoms. The van der Waals surface area contributed by atoms with Gasteiger partial charge in [0.1, 0.15) is 0 Å². The van der Waals surface area contributed by atoms with Crippen LogP contribution < -0.4 is 15.8 Å². The molecule has 0 aliphatic carbocycles. The average Bonchev–Trinajstić information content (AvgIpc) is 2.46. The minimum Gasteiger partial charge on any atom is -0.352 e. The number of benzene rings is 1. The number of halogens is 1. The second kappa shape index (κ2) is 8.47. The monoisotopic (exact) mass is 347 g/mol. The number of amides is 1. The Morgan fingerprint density at radius 2 is 1.82 bits per heavy atom. The first-order valence-corrected chi connectivity index (χ1v) is 8.59. The summed E-state index contributed by atoms with van der Waals surface area (Å²) in [6, 6.07) is 6.21. The summed E-state index contributed by atoms with van der Waals surface area (Å²) in [5, 5.41) is 11.2. The number of carbonyl (C=O) groups excluding carboxylic acids is 1. The molecule has 0 bridgehead atoms. The topological polar surface area (TPSA) is 101 Å². The van der Waals surface area contributed by atoms with Crippen molar-refractivity contribution < 1.29 is 13.2 Å². The third-order valence-electron chi connectivity index (χ3n) is 3.67. The van der Waals surface area contributed by atoms with Crippen LogP contribution in [0.15, 0.2) is 29.2 Å². The summed E-state index contributed by atoms with van der Waals surface area (Å²) in [6.07, 6.45) is 2.63. The number of sulfonamides is 1. The highest BCUT2D eigenvalue weighted by Gasteiger charge is 2.16. The van der Waals surface area contributed by atoms with E-state index in [1.54, 1.807) is 12.1 Å². The molecule has 22 heavy (non-hydrogen) atoms. The lowest BCUT2D eigenvalue weighted by Crippen LogP contribution is -2.32. The first-order chi connectivity index (χ1) is 9.95. The van der Waals surface area contributed by atoms with Crippen molar-refractivity contribution in [3.63, 3.8) is 0 Å². The lowest BCUT2D eigenvalue weighted by atomic mass is 9.94. The number of nitrogens with one attached hydrogen (secondary N) is 2. The summed E-state index contributed by atoms with van der Waals surface area (Å²) in [4.78, 5) is 11.9. The molecule has 0 atom stereocenters. The maximum absolute atomic E-state index is 11.9. The maximum Gasteiger partial charge on any atom is 0.238 e. The Morgan fingerprint density at radius 3 is 2.36 bits per heavy atom. The van der Waals surface area contributed by atoms with E-state index in [1.807, 2.05) is 0 Å². The van der Waals surface area contributed by atoms with Crippen LogP contribution in [0.2, 0.25) is 0 Å². The predicted molar refractivity (Wildman–Crippen MR) is 87.1 cm³/mol. The molecular formula is C14H22ClN3O3S. The minimum atomic E-state index is -3.66. The van der Waals surface area contributed by atoms with Crippen molar-refractivity contribution in [2.75, 3.05) is 13.1 Å². The highest BCUT2D eigenvalue weighted by atomic mass is 35.5. The van der Waals surface area contributed by atoms with Crippen molar-refractivity contribution in [2.45, 2.75) is 30.7 Å². The van der Waals surface area contributed by atoms with E-state index in [-0.39, 0.29) is 23.2 Å². The van der Waals surface area contributed by atoms with Gasteiger partial charge in [0.05, 0.1) is 4.90 Å². The zero-order chi connectivity index (χ0) is 15.3. The van der Waals surface area contributed by atoms with E-state index < -0.39 is 10.0 Å². The number of rotatable bonds is 5. The van der Waals surface area contributed by atoms with Crippen LogP contribution >= 0.6 is 12.4 Å². The third kappa shape index (κ3) is 5.92. The fraction of sp³-hybridized carbons (Fsp3) is 0.500. The van der Waals surface area contributed by atoms with Crippen molar-refractivity contribution in [3.8, 4) is 0 Å². The maximum atomic E-state index is 11.9. The SMILES string of the molecule is Cl.NS(=O)(=O)c1ccc(CNC(=O)CC2CCNCC2)cc1. The van der Waals surface area contributed by atoms with Crippen molar-refractivity contribution >= 4 is 28.3 Å². The lowest BCUT2D eigenvalue weighted by Gasteiger charge is -2.21.